The van der Waals surface area contributed by atoms with Gasteiger partial charge in [0.1, 0.15) is 0 Å². The highest BCUT2D eigenvalue weighted by atomic mass is 19.2. The summed E-state index contributed by atoms with van der Waals surface area (Å²) in [6.07, 6.45) is 2.46. The van der Waals surface area contributed by atoms with Gasteiger partial charge in [-0.15, -0.1) is 9.60 Å². The van der Waals surface area contributed by atoms with Gasteiger partial charge in [0.15, 0.2) is 0 Å². The maximum absolute atomic E-state index is 12.6. The molecule has 1 unspecified atom stereocenters. The van der Waals surface area contributed by atoms with Gasteiger partial charge in [0.05, 0.1) is 0 Å². The fourth-order valence-corrected chi connectivity index (χ4v) is 1.95. The molecule has 2 heterocycles. The van der Waals surface area contributed by atoms with Crippen molar-refractivity contribution < 1.29 is 4.48 Å². The van der Waals surface area contributed by atoms with E-state index in [4.69, 9.17) is 0 Å². The molecule has 2 fully saturated rings. The molecular formula is C7H13FN2. The fourth-order valence-electron chi connectivity index (χ4n) is 1.95. The lowest BCUT2D eigenvalue weighted by Crippen LogP contribution is -2.46. The number of nitrogens with zero attached hydrogens (tertiary/aromatic N) is 2. The summed E-state index contributed by atoms with van der Waals surface area (Å²) in [5.74, 6) is 0. The zero-order chi connectivity index (χ0) is 6.97. The first kappa shape index (κ1) is 6.55. The number of hydrogen-bond donors (Lipinski definition) is 0. The molecule has 0 aromatic heterocycles. The van der Waals surface area contributed by atoms with Gasteiger partial charge in [0.25, 0.3) is 0 Å². The van der Waals surface area contributed by atoms with Gasteiger partial charge >= 0.3 is 0 Å². The molecule has 2 aliphatic heterocycles. The summed E-state index contributed by atoms with van der Waals surface area (Å²) >= 11 is 0. The lowest BCUT2D eigenvalue weighted by atomic mass is 10.2. The highest BCUT2D eigenvalue weighted by molar-refractivity contribution is 4.84. The summed E-state index contributed by atoms with van der Waals surface area (Å²) in [7, 11) is 0. The summed E-state index contributed by atoms with van der Waals surface area (Å²) in [5, 5.41) is 0.951. The van der Waals surface area contributed by atoms with Crippen LogP contribution in [0, 0.1) is 0 Å². The number of hydrogen-bond acceptors (Lipinski definition) is 2. The molecule has 0 saturated carbocycles. The number of rotatable bonds is 0. The minimum Gasteiger partial charge on any atom is -0.298 e. The van der Waals surface area contributed by atoms with Crippen molar-refractivity contribution in [2.24, 2.45) is 0 Å². The van der Waals surface area contributed by atoms with Gasteiger partial charge in [-0.05, 0) is 19.4 Å². The first-order valence-electron chi connectivity index (χ1n) is 4.01. The van der Waals surface area contributed by atoms with Crippen molar-refractivity contribution >= 4 is 0 Å². The Morgan fingerprint density at radius 2 is 2.10 bits per heavy atom. The molecular weight excluding hydrogens is 131 g/mol. The van der Waals surface area contributed by atoms with Gasteiger partial charge in [0.2, 0.25) is 0 Å². The minimum atomic E-state index is 0.527. The molecule has 58 valence electrons. The Bertz CT molecular complexity index is 129. The average molecular weight is 144 g/mol. The predicted octanol–water partition coefficient (Wildman–Crippen LogP) is 0.651. The second kappa shape index (κ2) is 2.47. The molecule has 2 aliphatic rings. The molecule has 1 atom stereocenters. The second-order valence-electron chi connectivity index (χ2n) is 3.20. The number of piperazine rings is 1. The summed E-state index contributed by atoms with van der Waals surface area (Å²) in [6, 6.07) is 0.527. The van der Waals surface area contributed by atoms with Crippen LogP contribution in [0.3, 0.4) is 0 Å². The van der Waals surface area contributed by atoms with Crippen LogP contribution in [0.5, 0.6) is 0 Å². The van der Waals surface area contributed by atoms with E-state index in [2.05, 4.69) is 4.90 Å². The van der Waals surface area contributed by atoms with Crippen LogP contribution in [-0.2, 0) is 0 Å². The standard InChI is InChI=1S/C7H13FN2/c8-10-5-4-9-3-1-2-7(9)6-10/h7H,1-6H2. The molecule has 0 bridgehead atoms. The Morgan fingerprint density at radius 1 is 1.20 bits per heavy atom. The Labute approximate surface area is 60.5 Å². The van der Waals surface area contributed by atoms with Crippen LogP contribution in [0.15, 0.2) is 0 Å². The molecule has 0 spiro atoms. The first-order valence-corrected chi connectivity index (χ1v) is 4.01. The lowest BCUT2D eigenvalue weighted by molar-refractivity contribution is -0.0374. The van der Waals surface area contributed by atoms with E-state index in [0.29, 0.717) is 19.1 Å². The molecule has 3 heteroatoms. The Morgan fingerprint density at radius 3 is 3.00 bits per heavy atom. The van der Waals surface area contributed by atoms with E-state index in [1.54, 1.807) is 0 Å². The first-order chi connectivity index (χ1) is 4.86. The molecule has 0 N–H and O–H groups in total. The molecule has 0 aromatic carbocycles. The van der Waals surface area contributed by atoms with E-state index < -0.39 is 0 Å². The average Bonchev–Trinajstić information content (AvgIpc) is 2.33. The Balaban J connectivity index is 1.96. The van der Waals surface area contributed by atoms with Crippen molar-refractivity contribution in [2.75, 3.05) is 26.2 Å². The van der Waals surface area contributed by atoms with E-state index in [-0.39, 0.29) is 0 Å². The van der Waals surface area contributed by atoms with E-state index in [9.17, 15) is 4.48 Å². The van der Waals surface area contributed by atoms with Crippen molar-refractivity contribution in [3.8, 4) is 0 Å². The monoisotopic (exact) mass is 144 g/mol. The number of fused-ring (bicyclic) bond motifs is 1. The lowest BCUT2D eigenvalue weighted by Gasteiger charge is -2.32. The van der Waals surface area contributed by atoms with Crippen molar-refractivity contribution in [3.05, 3.63) is 0 Å². The van der Waals surface area contributed by atoms with E-state index in [1.807, 2.05) is 0 Å². The van der Waals surface area contributed by atoms with Crippen LogP contribution < -0.4 is 0 Å². The van der Waals surface area contributed by atoms with Crippen LogP contribution in [0.1, 0.15) is 12.8 Å². The minimum absolute atomic E-state index is 0.527. The third-order valence-corrected chi connectivity index (χ3v) is 2.54. The summed E-state index contributed by atoms with van der Waals surface area (Å²) < 4.78 is 12.6. The third kappa shape index (κ3) is 1.04. The van der Waals surface area contributed by atoms with Crippen LogP contribution in [0.4, 0.5) is 4.48 Å². The highest BCUT2D eigenvalue weighted by Gasteiger charge is 2.30. The molecule has 0 aromatic rings. The van der Waals surface area contributed by atoms with Crippen molar-refractivity contribution in [2.45, 2.75) is 18.9 Å². The summed E-state index contributed by atoms with van der Waals surface area (Å²) in [4.78, 5) is 2.40. The molecule has 2 saturated heterocycles. The van der Waals surface area contributed by atoms with Gasteiger partial charge in [-0.1, -0.05) is 0 Å². The van der Waals surface area contributed by atoms with Crippen molar-refractivity contribution in [1.82, 2.24) is 10.0 Å². The summed E-state index contributed by atoms with van der Waals surface area (Å²) in [5.41, 5.74) is 0. The van der Waals surface area contributed by atoms with Gasteiger partial charge < -0.3 is 0 Å². The number of halogens is 1. The maximum Gasteiger partial charge on any atom is 0.0447 e. The maximum atomic E-state index is 12.6. The van der Waals surface area contributed by atoms with E-state index in [1.165, 1.54) is 19.4 Å². The topological polar surface area (TPSA) is 6.48 Å². The molecule has 2 rings (SSSR count). The molecule has 2 nitrogen and oxygen atoms in total. The molecule has 0 aliphatic carbocycles. The van der Waals surface area contributed by atoms with E-state index in [0.717, 1.165) is 11.7 Å². The Hall–Kier alpha value is -0.150. The van der Waals surface area contributed by atoms with E-state index >= 15 is 0 Å². The van der Waals surface area contributed by atoms with Crippen LogP contribution >= 0.6 is 0 Å². The smallest absolute Gasteiger partial charge is 0.0447 e. The van der Waals surface area contributed by atoms with Crippen molar-refractivity contribution in [1.29, 1.82) is 0 Å². The predicted molar refractivity (Wildman–Crippen MR) is 37.3 cm³/mol. The summed E-state index contributed by atoms with van der Waals surface area (Å²) in [6.45, 7) is 3.37. The second-order valence-corrected chi connectivity index (χ2v) is 3.20. The zero-order valence-electron chi connectivity index (χ0n) is 6.09. The van der Waals surface area contributed by atoms with Gasteiger partial charge in [-0.2, -0.15) is 0 Å². The SMILES string of the molecule is FN1CCN2CCCC2C1. The van der Waals surface area contributed by atoms with Crippen LogP contribution in [0.2, 0.25) is 0 Å². The fraction of sp³-hybridized carbons (Fsp3) is 1.00. The Kier molecular flexibility index (Phi) is 1.62. The normalized spacial score (nSPS) is 36.3. The largest absolute Gasteiger partial charge is 0.298 e. The van der Waals surface area contributed by atoms with Crippen LogP contribution in [0.25, 0.3) is 0 Å². The molecule has 10 heavy (non-hydrogen) atoms. The molecule has 0 radical (unpaired) electrons. The van der Waals surface area contributed by atoms with Gasteiger partial charge in [-0.25, -0.2) is 0 Å². The zero-order valence-corrected chi connectivity index (χ0v) is 6.09. The van der Waals surface area contributed by atoms with Crippen LogP contribution in [-0.4, -0.2) is 42.2 Å². The van der Waals surface area contributed by atoms with Gasteiger partial charge in [-0.3, -0.25) is 4.90 Å². The molecule has 0 amide bonds. The quantitative estimate of drug-likeness (QED) is 0.461. The highest BCUT2D eigenvalue weighted by Crippen LogP contribution is 2.21. The third-order valence-electron chi connectivity index (χ3n) is 2.54. The van der Waals surface area contributed by atoms with Gasteiger partial charge in [0, 0.05) is 25.7 Å². The van der Waals surface area contributed by atoms with Crippen molar-refractivity contribution in [3.63, 3.8) is 0 Å².